The Balaban J connectivity index is 1.86. The van der Waals surface area contributed by atoms with Gasteiger partial charge in [0.1, 0.15) is 5.38 Å². The lowest BCUT2D eigenvalue weighted by atomic mass is 9.95. The number of carbonyl (C=O) groups is 2. The van der Waals surface area contributed by atoms with Gasteiger partial charge in [0.05, 0.1) is 12.0 Å². The number of hydrogen-bond acceptors (Lipinski definition) is 2. The molecule has 0 aliphatic heterocycles. The van der Waals surface area contributed by atoms with Crippen LogP contribution in [0, 0.1) is 0 Å². The molecule has 1 atom stereocenters. The van der Waals surface area contributed by atoms with E-state index < -0.39 is 23.0 Å². The fourth-order valence-electron chi connectivity index (χ4n) is 2.78. The van der Waals surface area contributed by atoms with E-state index in [-0.39, 0.29) is 24.1 Å². The molecular weight excluding hydrogens is 357 g/mol. The predicted molar refractivity (Wildman–Crippen MR) is 89.3 cm³/mol. The molecule has 2 rings (SSSR count). The molecular formula is C17H20ClF3N2O2. The van der Waals surface area contributed by atoms with Crippen molar-refractivity contribution in [2.45, 2.75) is 56.1 Å². The number of halogens is 4. The van der Waals surface area contributed by atoms with Gasteiger partial charge in [-0.1, -0.05) is 25.3 Å². The van der Waals surface area contributed by atoms with E-state index in [1.54, 1.807) is 0 Å². The van der Waals surface area contributed by atoms with Gasteiger partial charge < -0.3 is 10.6 Å². The number of alkyl halides is 4. The van der Waals surface area contributed by atoms with Crippen LogP contribution in [0.4, 0.5) is 18.9 Å². The molecule has 1 unspecified atom stereocenters. The lowest BCUT2D eigenvalue weighted by Crippen LogP contribution is -2.38. The minimum absolute atomic E-state index is 0.0156. The van der Waals surface area contributed by atoms with Crippen molar-refractivity contribution in [1.29, 1.82) is 0 Å². The van der Waals surface area contributed by atoms with Crippen molar-refractivity contribution in [3.63, 3.8) is 0 Å². The summed E-state index contributed by atoms with van der Waals surface area (Å²) in [7, 11) is 0. The van der Waals surface area contributed by atoms with Crippen LogP contribution >= 0.6 is 11.6 Å². The van der Waals surface area contributed by atoms with Crippen molar-refractivity contribution in [3.05, 3.63) is 29.8 Å². The highest BCUT2D eigenvalue weighted by atomic mass is 35.5. The Labute approximate surface area is 149 Å². The van der Waals surface area contributed by atoms with Gasteiger partial charge in [-0.25, -0.2) is 0 Å². The van der Waals surface area contributed by atoms with E-state index in [0.717, 1.165) is 44.2 Å². The van der Waals surface area contributed by atoms with Gasteiger partial charge in [0.25, 0.3) is 0 Å². The molecule has 0 bridgehead atoms. The summed E-state index contributed by atoms with van der Waals surface area (Å²) in [6.45, 7) is 0. The number of amides is 2. The quantitative estimate of drug-likeness (QED) is 0.760. The normalized spacial score (nSPS) is 17.0. The average Bonchev–Trinajstić information content (AvgIpc) is 2.55. The van der Waals surface area contributed by atoms with Gasteiger partial charge in [-0.3, -0.25) is 9.59 Å². The topological polar surface area (TPSA) is 58.2 Å². The van der Waals surface area contributed by atoms with Gasteiger partial charge in [-0.05, 0) is 31.0 Å². The third-order valence-corrected chi connectivity index (χ3v) is 4.43. The number of benzene rings is 1. The summed E-state index contributed by atoms with van der Waals surface area (Å²) in [6, 6.07) is 4.36. The molecule has 2 N–H and O–H groups in total. The van der Waals surface area contributed by atoms with E-state index in [2.05, 4.69) is 10.6 Å². The summed E-state index contributed by atoms with van der Waals surface area (Å²) in [4.78, 5) is 23.9. The number of hydrogen-bond donors (Lipinski definition) is 2. The average molecular weight is 377 g/mol. The molecule has 1 aliphatic carbocycles. The second-order valence-electron chi connectivity index (χ2n) is 6.14. The predicted octanol–water partition coefficient (Wildman–Crippen LogP) is 4.09. The third-order valence-electron chi connectivity index (χ3n) is 4.08. The highest BCUT2D eigenvalue weighted by Crippen LogP contribution is 2.30. The van der Waals surface area contributed by atoms with Crippen LogP contribution in [-0.4, -0.2) is 23.2 Å². The summed E-state index contributed by atoms with van der Waals surface area (Å²) >= 11 is 5.93. The minimum atomic E-state index is -4.50. The fraction of sp³-hybridized carbons (Fsp3) is 0.529. The Bertz CT molecular complexity index is 616. The zero-order valence-corrected chi connectivity index (χ0v) is 14.3. The first-order chi connectivity index (χ1) is 11.8. The Morgan fingerprint density at radius 1 is 1.20 bits per heavy atom. The molecule has 0 heterocycles. The Morgan fingerprint density at radius 2 is 1.88 bits per heavy atom. The van der Waals surface area contributed by atoms with Crippen LogP contribution in [0.5, 0.6) is 0 Å². The highest BCUT2D eigenvalue weighted by Gasteiger charge is 2.30. The van der Waals surface area contributed by atoms with Crippen molar-refractivity contribution in [3.8, 4) is 0 Å². The Morgan fingerprint density at radius 3 is 2.52 bits per heavy atom. The Hall–Kier alpha value is -1.76. The van der Waals surface area contributed by atoms with Crippen LogP contribution in [0.15, 0.2) is 24.3 Å². The van der Waals surface area contributed by atoms with Gasteiger partial charge in [0.2, 0.25) is 11.8 Å². The van der Waals surface area contributed by atoms with Gasteiger partial charge in [0, 0.05) is 11.7 Å². The minimum Gasteiger partial charge on any atom is -0.353 e. The maximum absolute atomic E-state index is 12.7. The first-order valence-electron chi connectivity index (χ1n) is 8.17. The van der Waals surface area contributed by atoms with E-state index >= 15 is 0 Å². The first kappa shape index (κ1) is 19.6. The zero-order chi connectivity index (χ0) is 18.4. The van der Waals surface area contributed by atoms with Crippen LogP contribution in [0.25, 0.3) is 0 Å². The summed E-state index contributed by atoms with van der Waals surface area (Å²) in [5, 5.41) is 4.00. The lowest BCUT2D eigenvalue weighted by molar-refractivity contribution is -0.137. The molecule has 1 aliphatic rings. The van der Waals surface area contributed by atoms with Crippen LogP contribution in [0.3, 0.4) is 0 Å². The number of anilines is 1. The zero-order valence-electron chi connectivity index (χ0n) is 13.5. The maximum atomic E-state index is 12.7. The van der Waals surface area contributed by atoms with E-state index in [4.69, 9.17) is 11.6 Å². The molecule has 8 heteroatoms. The van der Waals surface area contributed by atoms with Gasteiger partial charge >= 0.3 is 6.18 Å². The summed E-state index contributed by atoms with van der Waals surface area (Å²) < 4.78 is 38.0. The van der Waals surface area contributed by atoms with Crippen molar-refractivity contribution in [2.75, 3.05) is 5.32 Å². The molecule has 1 aromatic rings. The van der Waals surface area contributed by atoms with Gasteiger partial charge in [0.15, 0.2) is 0 Å². The number of nitrogens with one attached hydrogen (secondary N) is 2. The number of carbonyl (C=O) groups excluding carboxylic acids is 2. The van der Waals surface area contributed by atoms with Gasteiger partial charge in [-0.2, -0.15) is 13.2 Å². The fourth-order valence-corrected chi connectivity index (χ4v) is 2.98. The standard InChI is InChI=1S/C17H20ClF3N2O2/c18-14(10-15(24)22-12-6-2-1-3-7-12)16(25)23-13-8-4-5-11(9-13)17(19,20)21/h4-5,8-9,12,14H,1-3,6-7,10H2,(H,22,24)(H,23,25). The van der Waals surface area contributed by atoms with E-state index in [1.807, 2.05) is 0 Å². The molecule has 4 nitrogen and oxygen atoms in total. The molecule has 138 valence electrons. The monoisotopic (exact) mass is 376 g/mol. The van der Waals surface area contributed by atoms with E-state index in [0.29, 0.717) is 0 Å². The summed E-state index contributed by atoms with van der Waals surface area (Å²) in [5.74, 6) is -1.04. The van der Waals surface area contributed by atoms with Crippen LogP contribution < -0.4 is 10.6 Å². The van der Waals surface area contributed by atoms with Crippen LogP contribution in [-0.2, 0) is 15.8 Å². The molecule has 0 saturated heterocycles. The number of rotatable bonds is 5. The Kier molecular flexibility index (Phi) is 6.70. The third kappa shape index (κ3) is 6.23. The maximum Gasteiger partial charge on any atom is 0.416 e. The SMILES string of the molecule is O=C(CC(Cl)C(=O)Nc1cccc(C(F)(F)F)c1)NC1CCCCC1. The van der Waals surface area contributed by atoms with Crippen molar-refractivity contribution in [2.24, 2.45) is 0 Å². The smallest absolute Gasteiger partial charge is 0.353 e. The molecule has 0 radical (unpaired) electrons. The molecule has 25 heavy (non-hydrogen) atoms. The highest BCUT2D eigenvalue weighted by molar-refractivity contribution is 6.33. The van der Waals surface area contributed by atoms with Crippen LogP contribution in [0.2, 0.25) is 0 Å². The second kappa shape index (κ2) is 8.56. The van der Waals surface area contributed by atoms with Crippen molar-refractivity contribution in [1.82, 2.24) is 5.32 Å². The summed E-state index contributed by atoms with van der Waals surface area (Å²) in [5.41, 5.74) is -0.885. The lowest BCUT2D eigenvalue weighted by Gasteiger charge is -2.23. The largest absolute Gasteiger partial charge is 0.416 e. The van der Waals surface area contributed by atoms with Crippen LogP contribution in [0.1, 0.15) is 44.1 Å². The first-order valence-corrected chi connectivity index (χ1v) is 8.61. The molecule has 1 saturated carbocycles. The van der Waals surface area contributed by atoms with Crippen molar-refractivity contribution < 1.29 is 22.8 Å². The van der Waals surface area contributed by atoms with E-state index in [9.17, 15) is 22.8 Å². The molecule has 0 aromatic heterocycles. The second-order valence-corrected chi connectivity index (χ2v) is 6.67. The molecule has 1 fully saturated rings. The molecule has 0 spiro atoms. The summed E-state index contributed by atoms with van der Waals surface area (Å²) in [6.07, 6.45) is 0.383. The molecule has 2 amide bonds. The molecule has 1 aromatic carbocycles. The van der Waals surface area contributed by atoms with Crippen molar-refractivity contribution >= 4 is 29.1 Å². The van der Waals surface area contributed by atoms with E-state index in [1.165, 1.54) is 12.1 Å². The van der Waals surface area contributed by atoms with Gasteiger partial charge in [-0.15, -0.1) is 11.6 Å².